The predicted octanol–water partition coefficient (Wildman–Crippen LogP) is 2.02. The molecule has 0 aromatic heterocycles. The fourth-order valence-electron chi connectivity index (χ4n) is 2.66. The van der Waals surface area contributed by atoms with E-state index >= 15 is 0 Å². The van der Waals surface area contributed by atoms with Crippen LogP contribution in [0.5, 0.6) is 0 Å². The Labute approximate surface area is 158 Å². The molecular formula is C20H23N3O4. The first-order chi connectivity index (χ1) is 12.9. The second-order valence-electron chi connectivity index (χ2n) is 6.15. The standard InChI is InChI=1S/C20H23N3O4/c1-4-20(5-2,6-3)21-17(24)14-27-19(26)16-12-13-18(25)23(22-16)15-10-8-7-9-11-15/h1,7-11H,5-6,12-14H2,2-3H3,(H,21,24). The number of para-hydroxylation sites is 1. The zero-order valence-electron chi connectivity index (χ0n) is 15.5. The summed E-state index contributed by atoms with van der Waals surface area (Å²) in [7, 11) is 0. The molecule has 1 aliphatic rings. The number of carbonyl (C=O) groups excluding carboxylic acids is 3. The van der Waals surface area contributed by atoms with Crippen LogP contribution >= 0.6 is 0 Å². The van der Waals surface area contributed by atoms with E-state index in [0.717, 1.165) is 0 Å². The summed E-state index contributed by atoms with van der Waals surface area (Å²) in [4.78, 5) is 36.4. The Bertz CT molecular complexity index is 776. The Hall–Kier alpha value is -3.14. The number of rotatable bonds is 7. The van der Waals surface area contributed by atoms with Gasteiger partial charge >= 0.3 is 5.97 Å². The summed E-state index contributed by atoms with van der Waals surface area (Å²) in [6.45, 7) is 3.30. The molecule has 0 unspecified atom stereocenters. The number of nitrogens with zero attached hydrogens (tertiary/aromatic N) is 2. The van der Waals surface area contributed by atoms with E-state index in [2.05, 4.69) is 16.3 Å². The minimum absolute atomic E-state index is 0.0976. The number of amides is 2. The van der Waals surface area contributed by atoms with E-state index in [4.69, 9.17) is 11.2 Å². The van der Waals surface area contributed by atoms with Crippen molar-refractivity contribution in [3.05, 3.63) is 30.3 Å². The highest BCUT2D eigenvalue weighted by molar-refractivity contribution is 6.38. The summed E-state index contributed by atoms with van der Waals surface area (Å²) in [5, 5.41) is 8.00. The third-order valence-electron chi connectivity index (χ3n) is 4.47. The third kappa shape index (κ3) is 4.94. The van der Waals surface area contributed by atoms with Crippen LogP contribution in [0.1, 0.15) is 39.5 Å². The number of nitrogens with one attached hydrogen (secondary N) is 1. The lowest BCUT2D eigenvalue weighted by molar-refractivity contribution is -0.142. The molecule has 0 atom stereocenters. The van der Waals surface area contributed by atoms with Gasteiger partial charge in [0, 0.05) is 12.8 Å². The number of hydrogen-bond donors (Lipinski definition) is 1. The van der Waals surface area contributed by atoms with Crippen LogP contribution in [0.3, 0.4) is 0 Å². The zero-order valence-corrected chi connectivity index (χ0v) is 15.5. The molecule has 0 fully saturated rings. The van der Waals surface area contributed by atoms with Gasteiger partial charge in [-0.05, 0) is 25.0 Å². The molecule has 7 nitrogen and oxygen atoms in total. The highest BCUT2D eigenvalue weighted by Crippen LogP contribution is 2.20. The van der Waals surface area contributed by atoms with Crippen molar-refractivity contribution in [2.75, 3.05) is 11.6 Å². The van der Waals surface area contributed by atoms with E-state index in [1.54, 1.807) is 24.3 Å². The normalized spacial score (nSPS) is 14.2. The van der Waals surface area contributed by atoms with Crippen LogP contribution in [-0.4, -0.2) is 35.6 Å². The van der Waals surface area contributed by atoms with E-state index in [9.17, 15) is 14.4 Å². The van der Waals surface area contributed by atoms with Gasteiger partial charge in [0.25, 0.3) is 5.91 Å². The van der Waals surface area contributed by atoms with Gasteiger partial charge in [-0.1, -0.05) is 38.0 Å². The number of hydrazone groups is 1. The lowest BCUT2D eigenvalue weighted by Crippen LogP contribution is -2.48. The topological polar surface area (TPSA) is 88.1 Å². The van der Waals surface area contributed by atoms with Crippen LogP contribution in [0.15, 0.2) is 35.4 Å². The number of ether oxygens (including phenoxy) is 1. The zero-order chi connectivity index (χ0) is 19.9. The highest BCUT2D eigenvalue weighted by atomic mass is 16.5. The summed E-state index contributed by atoms with van der Waals surface area (Å²) in [5.41, 5.74) is -0.0852. The first kappa shape index (κ1) is 20.2. The number of anilines is 1. The molecule has 1 aromatic carbocycles. The van der Waals surface area contributed by atoms with Crippen LogP contribution in [0, 0.1) is 12.3 Å². The van der Waals surface area contributed by atoms with Crippen LogP contribution < -0.4 is 10.3 Å². The smallest absolute Gasteiger partial charge is 0.355 e. The van der Waals surface area contributed by atoms with Crippen molar-refractivity contribution in [2.45, 2.75) is 45.1 Å². The van der Waals surface area contributed by atoms with Crippen molar-refractivity contribution < 1.29 is 19.1 Å². The van der Waals surface area contributed by atoms with Gasteiger partial charge in [-0.3, -0.25) is 9.59 Å². The van der Waals surface area contributed by atoms with Gasteiger partial charge < -0.3 is 10.1 Å². The molecule has 1 aromatic rings. The molecule has 0 radical (unpaired) electrons. The molecular weight excluding hydrogens is 346 g/mol. The number of terminal acetylenes is 1. The van der Waals surface area contributed by atoms with Gasteiger partial charge in [0.05, 0.1) is 5.69 Å². The number of hydrogen-bond acceptors (Lipinski definition) is 5. The molecule has 142 valence electrons. The summed E-state index contributed by atoms with van der Waals surface area (Å²) in [6.07, 6.45) is 6.95. The Morgan fingerprint density at radius 3 is 2.52 bits per heavy atom. The van der Waals surface area contributed by atoms with Crippen LogP contribution in [0.2, 0.25) is 0 Å². The van der Waals surface area contributed by atoms with E-state index < -0.39 is 24.0 Å². The largest absolute Gasteiger partial charge is 0.451 e. The maximum absolute atomic E-state index is 12.2. The van der Waals surface area contributed by atoms with Crippen LogP contribution in [-0.2, 0) is 19.1 Å². The Morgan fingerprint density at radius 2 is 1.93 bits per heavy atom. The maximum atomic E-state index is 12.2. The summed E-state index contributed by atoms with van der Waals surface area (Å²) in [5.74, 6) is 1.18. The number of benzene rings is 1. The summed E-state index contributed by atoms with van der Waals surface area (Å²) in [6, 6.07) is 8.80. The van der Waals surface area contributed by atoms with Crippen LogP contribution in [0.25, 0.3) is 0 Å². The lowest BCUT2D eigenvalue weighted by atomic mass is 9.94. The Kier molecular flexibility index (Phi) is 6.72. The molecule has 0 saturated heterocycles. The van der Waals surface area contributed by atoms with Crippen molar-refractivity contribution in [1.82, 2.24) is 5.32 Å². The Morgan fingerprint density at radius 1 is 1.26 bits per heavy atom. The quantitative estimate of drug-likeness (QED) is 0.588. The predicted molar refractivity (Wildman–Crippen MR) is 102 cm³/mol. The molecule has 2 amide bonds. The molecule has 27 heavy (non-hydrogen) atoms. The van der Waals surface area contributed by atoms with Gasteiger partial charge in [-0.2, -0.15) is 5.10 Å². The van der Waals surface area contributed by atoms with E-state index in [1.807, 2.05) is 19.9 Å². The average molecular weight is 369 g/mol. The third-order valence-corrected chi connectivity index (χ3v) is 4.47. The second kappa shape index (κ2) is 8.99. The molecule has 0 aliphatic carbocycles. The minimum Gasteiger partial charge on any atom is -0.451 e. The van der Waals surface area contributed by atoms with E-state index in [-0.39, 0.29) is 24.5 Å². The SMILES string of the molecule is C#CC(CC)(CC)NC(=O)COC(=O)C1=NN(c2ccccc2)C(=O)CC1. The lowest BCUT2D eigenvalue weighted by Gasteiger charge is -2.27. The summed E-state index contributed by atoms with van der Waals surface area (Å²) < 4.78 is 5.05. The van der Waals surface area contributed by atoms with Crippen molar-refractivity contribution >= 4 is 29.2 Å². The van der Waals surface area contributed by atoms with Crippen LogP contribution in [0.4, 0.5) is 5.69 Å². The molecule has 0 bridgehead atoms. The van der Waals surface area contributed by atoms with Gasteiger partial charge in [-0.25, -0.2) is 9.80 Å². The minimum atomic E-state index is -0.748. The Balaban J connectivity index is 2.00. The van der Waals surface area contributed by atoms with Gasteiger partial charge in [-0.15, -0.1) is 6.42 Å². The fraction of sp³-hybridized carbons (Fsp3) is 0.400. The average Bonchev–Trinajstić information content (AvgIpc) is 2.71. The fourth-order valence-corrected chi connectivity index (χ4v) is 2.66. The van der Waals surface area contributed by atoms with Crippen molar-refractivity contribution in [2.24, 2.45) is 5.10 Å². The number of esters is 1. The molecule has 0 spiro atoms. The van der Waals surface area contributed by atoms with Gasteiger partial charge in [0.2, 0.25) is 5.91 Å². The second-order valence-corrected chi connectivity index (χ2v) is 6.15. The molecule has 7 heteroatoms. The van der Waals surface area contributed by atoms with Gasteiger partial charge in [0.15, 0.2) is 6.61 Å². The van der Waals surface area contributed by atoms with E-state index in [0.29, 0.717) is 18.5 Å². The van der Waals surface area contributed by atoms with Crippen molar-refractivity contribution in [3.8, 4) is 12.3 Å². The molecule has 1 N–H and O–H groups in total. The monoisotopic (exact) mass is 369 g/mol. The van der Waals surface area contributed by atoms with Crippen molar-refractivity contribution in [3.63, 3.8) is 0 Å². The first-order valence-corrected chi connectivity index (χ1v) is 8.86. The molecule has 0 saturated carbocycles. The van der Waals surface area contributed by atoms with Gasteiger partial charge in [0.1, 0.15) is 11.3 Å². The molecule has 1 heterocycles. The molecule has 1 aliphatic heterocycles. The number of carbonyl (C=O) groups is 3. The summed E-state index contributed by atoms with van der Waals surface area (Å²) >= 11 is 0. The first-order valence-electron chi connectivity index (χ1n) is 8.86. The van der Waals surface area contributed by atoms with Crippen molar-refractivity contribution in [1.29, 1.82) is 0 Å². The molecule has 2 rings (SSSR count). The maximum Gasteiger partial charge on any atom is 0.355 e. The van der Waals surface area contributed by atoms with E-state index in [1.165, 1.54) is 5.01 Å². The highest BCUT2D eigenvalue weighted by Gasteiger charge is 2.28.